The van der Waals surface area contributed by atoms with Crippen molar-refractivity contribution >= 4 is 15.9 Å². The molecule has 0 spiro atoms. The Morgan fingerprint density at radius 1 is 1.47 bits per heavy atom. The Balaban J connectivity index is 3.04. The molecule has 0 aromatic carbocycles. The fourth-order valence-electron chi connectivity index (χ4n) is 1.70. The molecule has 1 aromatic rings. The van der Waals surface area contributed by atoms with Crippen molar-refractivity contribution in [1.29, 1.82) is 0 Å². The van der Waals surface area contributed by atoms with Gasteiger partial charge in [-0.2, -0.15) is 18.3 Å². The largest absolute Gasteiger partial charge is 0.409 e. The normalized spacial score (nSPS) is 14.1. The number of nitrogens with one attached hydrogen (secondary N) is 1. The average molecular weight is 343 g/mol. The molecule has 0 bridgehead atoms. The van der Waals surface area contributed by atoms with Crippen molar-refractivity contribution in [1.82, 2.24) is 20.0 Å². The highest BCUT2D eigenvalue weighted by Gasteiger charge is 2.43. The summed E-state index contributed by atoms with van der Waals surface area (Å²) in [7, 11) is 3.73. The Bertz CT molecular complexity index is 403. The van der Waals surface area contributed by atoms with E-state index in [-0.39, 0.29) is 12.2 Å². The van der Waals surface area contributed by atoms with E-state index in [1.165, 1.54) is 10.9 Å². The predicted molar refractivity (Wildman–Crippen MR) is 71.0 cm³/mol. The minimum Gasteiger partial charge on any atom is -0.308 e. The van der Waals surface area contributed by atoms with Gasteiger partial charge in [-0.25, -0.2) is 0 Å². The Morgan fingerprint density at radius 2 is 2.11 bits per heavy atom. The molecule has 8 heteroatoms. The van der Waals surface area contributed by atoms with Gasteiger partial charge in [-0.15, -0.1) is 0 Å². The molecule has 19 heavy (non-hydrogen) atoms. The van der Waals surface area contributed by atoms with Crippen LogP contribution in [0.4, 0.5) is 13.2 Å². The molecule has 1 rings (SSSR count). The third-order valence-electron chi connectivity index (χ3n) is 2.60. The van der Waals surface area contributed by atoms with E-state index in [4.69, 9.17) is 0 Å². The summed E-state index contributed by atoms with van der Waals surface area (Å²) in [5.74, 6) is 0. The van der Waals surface area contributed by atoms with Gasteiger partial charge in [0.15, 0.2) is 0 Å². The lowest BCUT2D eigenvalue weighted by Crippen LogP contribution is -2.36. The van der Waals surface area contributed by atoms with Gasteiger partial charge in [-0.05, 0) is 36.6 Å². The summed E-state index contributed by atoms with van der Waals surface area (Å²) in [5, 5.41) is 6.47. The summed E-state index contributed by atoms with van der Waals surface area (Å²) in [6.45, 7) is 2.91. The lowest BCUT2D eigenvalue weighted by molar-refractivity contribution is -0.159. The summed E-state index contributed by atoms with van der Waals surface area (Å²) in [4.78, 5) is 1.90. The number of halogens is 4. The molecule has 0 radical (unpaired) electrons. The van der Waals surface area contributed by atoms with Gasteiger partial charge in [0.1, 0.15) is 6.04 Å². The van der Waals surface area contributed by atoms with Crippen LogP contribution in [0.5, 0.6) is 0 Å². The highest BCUT2D eigenvalue weighted by atomic mass is 79.9. The van der Waals surface area contributed by atoms with E-state index in [1.54, 1.807) is 6.92 Å². The minimum absolute atomic E-state index is 0.121. The van der Waals surface area contributed by atoms with E-state index in [9.17, 15) is 13.2 Å². The third kappa shape index (κ3) is 4.47. The van der Waals surface area contributed by atoms with Gasteiger partial charge in [0.25, 0.3) is 0 Å². The number of hydrogen-bond donors (Lipinski definition) is 1. The lowest BCUT2D eigenvalue weighted by Gasteiger charge is -2.23. The molecule has 0 aliphatic heterocycles. The summed E-state index contributed by atoms with van der Waals surface area (Å²) < 4.78 is 41.0. The number of nitrogens with zero attached hydrogens (tertiary/aromatic N) is 3. The Labute approximate surface area is 119 Å². The van der Waals surface area contributed by atoms with Gasteiger partial charge in [0.2, 0.25) is 0 Å². The summed E-state index contributed by atoms with van der Waals surface area (Å²) >= 11 is 3.15. The van der Waals surface area contributed by atoms with E-state index < -0.39 is 12.2 Å². The molecule has 1 aromatic heterocycles. The molecule has 1 atom stereocenters. The van der Waals surface area contributed by atoms with Crippen molar-refractivity contribution in [2.45, 2.75) is 25.7 Å². The van der Waals surface area contributed by atoms with Crippen LogP contribution in [-0.4, -0.2) is 48.0 Å². The van der Waals surface area contributed by atoms with Crippen LogP contribution in [0.2, 0.25) is 0 Å². The van der Waals surface area contributed by atoms with E-state index in [1.807, 2.05) is 19.0 Å². The zero-order valence-corrected chi connectivity index (χ0v) is 12.7. The summed E-state index contributed by atoms with van der Waals surface area (Å²) in [6.07, 6.45) is -2.95. The van der Waals surface area contributed by atoms with Gasteiger partial charge in [-0.3, -0.25) is 4.68 Å². The van der Waals surface area contributed by atoms with Crippen LogP contribution in [0.15, 0.2) is 10.7 Å². The monoisotopic (exact) mass is 342 g/mol. The van der Waals surface area contributed by atoms with Crippen molar-refractivity contribution in [3.8, 4) is 0 Å². The number of hydrogen-bond acceptors (Lipinski definition) is 3. The van der Waals surface area contributed by atoms with Gasteiger partial charge in [0, 0.05) is 6.54 Å². The Hall–Kier alpha value is -0.600. The standard InChI is InChI=1S/C11H18BrF3N4/c1-4-16-10(11(13,14)15)9-8(12)7-17-19(9)6-5-18(2)3/h7,10,16H,4-6H2,1-3H3. The molecule has 0 aliphatic rings. The number of alkyl halides is 3. The van der Waals surface area contributed by atoms with Crippen molar-refractivity contribution < 1.29 is 13.2 Å². The molecule has 0 aliphatic carbocycles. The van der Waals surface area contributed by atoms with Crippen LogP contribution in [0, 0.1) is 0 Å². The Morgan fingerprint density at radius 3 is 2.58 bits per heavy atom. The van der Waals surface area contributed by atoms with E-state index in [0.29, 0.717) is 17.6 Å². The van der Waals surface area contributed by atoms with Crippen LogP contribution in [0.25, 0.3) is 0 Å². The lowest BCUT2D eigenvalue weighted by atomic mass is 10.2. The predicted octanol–water partition coefficient (Wildman–Crippen LogP) is 2.42. The molecular weight excluding hydrogens is 325 g/mol. The molecule has 1 unspecified atom stereocenters. The maximum atomic E-state index is 13.1. The van der Waals surface area contributed by atoms with Crippen molar-refractivity contribution in [2.24, 2.45) is 0 Å². The van der Waals surface area contributed by atoms with Crippen molar-refractivity contribution in [3.05, 3.63) is 16.4 Å². The molecule has 1 N–H and O–H groups in total. The molecule has 0 saturated carbocycles. The number of likely N-dealkylation sites (N-methyl/N-ethyl adjacent to an activating group) is 1. The van der Waals surface area contributed by atoms with Crippen LogP contribution < -0.4 is 5.32 Å². The molecule has 4 nitrogen and oxygen atoms in total. The zero-order chi connectivity index (χ0) is 14.6. The first kappa shape index (κ1) is 16.5. The van der Waals surface area contributed by atoms with Crippen LogP contribution in [0.3, 0.4) is 0 Å². The van der Waals surface area contributed by atoms with E-state index in [0.717, 1.165) is 0 Å². The second kappa shape index (κ2) is 6.71. The first-order chi connectivity index (χ1) is 8.77. The smallest absolute Gasteiger partial charge is 0.308 e. The fraction of sp³-hybridized carbons (Fsp3) is 0.727. The molecule has 0 amide bonds. The fourth-order valence-corrected chi connectivity index (χ4v) is 2.23. The maximum absolute atomic E-state index is 13.1. The third-order valence-corrected chi connectivity index (χ3v) is 3.21. The summed E-state index contributed by atoms with van der Waals surface area (Å²) in [6, 6.07) is -1.71. The van der Waals surface area contributed by atoms with Gasteiger partial charge < -0.3 is 10.2 Å². The molecule has 0 saturated heterocycles. The second-order valence-electron chi connectivity index (χ2n) is 4.44. The SMILES string of the molecule is CCNC(c1c(Br)cnn1CCN(C)C)C(F)(F)F. The molecular formula is C11H18BrF3N4. The quantitative estimate of drug-likeness (QED) is 0.861. The van der Waals surface area contributed by atoms with Crippen LogP contribution >= 0.6 is 15.9 Å². The topological polar surface area (TPSA) is 33.1 Å². The highest BCUT2D eigenvalue weighted by molar-refractivity contribution is 9.10. The van der Waals surface area contributed by atoms with E-state index in [2.05, 4.69) is 26.3 Å². The van der Waals surface area contributed by atoms with E-state index >= 15 is 0 Å². The van der Waals surface area contributed by atoms with Crippen LogP contribution in [0.1, 0.15) is 18.7 Å². The molecule has 1 heterocycles. The van der Waals surface area contributed by atoms with Gasteiger partial charge >= 0.3 is 6.18 Å². The highest BCUT2D eigenvalue weighted by Crippen LogP contribution is 2.36. The van der Waals surface area contributed by atoms with Crippen molar-refractivity contribution in [3.63, 3.8) is 0 Å². The first-order valence-electron chi connectivity index (χ1n) is 5.93. The van der Waals surface area contributed by atoms with Gasteiger partial charge in [0.05, 0.1) is 22.9 Å². The summed E-state index contributed by atoms with van der Waals surface area (Å²) in [5.41, 5.74) is 0.121. The minimum atomic E-state index is -4.35. The molecule has 0 fully saturated rings. The Kier molecular flexibility index (Phi) is 5.82. The number of rotatable bonds is 6. The van der Waals surface area contributed by atoms with Gasteiger partial charge in [-0.1, -0.05) is 6.92 Å². The zero-order valence-electron chi connectivity index (χ0n) is 11.1. The average Bonchev–Trinajstić information content (AvgIpc) is 2.63. The first-order valence-corrected chi connectivity index (χ1v) is 6.72. The second-order valence-corrected chi connectivity index (χ2v) is 5.29. The van der Waals surface area contributed by atoms with Crippen LogP contribution in [-0.2, 0) is 6.54 Å². The molecule has 110 valence electrons. The maximum Gasteiger partial charge on any atom is 0.409 e. The van der Waals surface area contributed by atoms with Crippen molar-refractivity contribution in [2.75, 3.05) is 27.2 Å². The number of aromatic nitrogens is 2.